The van der Waals surface area contributed by atoms with Crippen molar-refractivity contribution < 1.29 is 9.53 Å². The molecule has 0 bridgehead atoms. The van der Waals surface area contributed by atoms with E-state index in [1.165, 1.54) is 0 Å². The number of hydrogen-bond donors (Lipinski definition) is 0. The molecule has 0 N–H and O–H groups in total. The van der Waals surface area contributed by atoms with Gasteiger partial charge in [0.2, 0.25) is 0 Å². The van der Waals surface area contributed by atoms with Crippen molar-refractivity contribution in [2.45, 2.75) is 32.8 Å². The Kier molecular flexibility index (Phi) is 4.57. The van der Waals surface area contributed by atoms with Crippen LogP contribution in [0.15, 0.2) is 22.8 Å². The van der Waals surface area contributed by atoms with E-state index in [1.54, 1.807) is 21.7 Å². The van der Waals surface area contributed by atoms with Gasteiger partial charge in [-0.3, -0.25) is 0 Å². The first-order valence-corrected chi connectivity index (χ1v) is 8.79. The molecule has 0 aliphatic carbocycles. The van der Waals surface area contributed by atoms with Crippen LogP contribution >= 0.6 is 27.5 Å². The molecule has 2 aromatic heterocycles. The topological polar surface area (TPSA) is 59.7 Å². The molecule has 6 nitrogen and oxygen atoms in total. The number of rotatable bonds is 1. The first kappa shape index (κ1) is 17.2. The molecular formula is C16H18BrClN4O2. The minimum Gasteiger partial charge on any atom is -0.444 e. The Hall–Kier alpha value is -1.60. The van der Waals surface area contributed by atoms with Crippen LogP contribution in [0, 0.1) is 0 Å². The average molecular weight is 414 g/mol. The lowest BCUT2D eigenvalue weighted by molar-refractivity contribution is 0.0270. The Bertz CT molecular complexity index is 786. The molecular weight excluding hydrogens is 396 g/mol. The minimum absolute atomic E-state index is 0.295. The van der Waals surface area contributed by atoms with Gasteiger partial charge in [0.1, 0.15) is 5.60 Å². The summed E-state index contributed by atoms with van der Waals surface area (Å²) in [6.07, 6.45) is 4.14. The van der Waals surface area contributed by atoms with Gasteiger partial charge in [0.05, 0.1) is 9.50 Å². The van der Waals surface area contributed by atoms with Crippen LogP contribution in [-0.2, 0) is 4.74 Å². The van der Waals surface area contributed by atoms with E-state index in [2.05, 4.69) is 26.0 Å². The number of aromatic nitrogens is 3. The summed E-state index contributed by atoms with van der Waals surface area (Å²) in [4.78, 5) is 18.3. The summed E-state index contributed by atoms with van der Waals surface area (Å²) in [5.74, 6) is 0.660. The second-order valence-electron chi connectivity index (χ2n) is 6.61. The van der Waals surface area contributed by atoms with E-state index in [1.807, 2.05) is 26.8 Å². The van der Waals surface area contributed by atoms with Crippen molar-refractivity contribution in [3.63, 3.8) is 0 Å². The lowest BCUT2D eigenvalue weighted by Crippen LogP contribution is -2.39. The lowest BCUT2D eigenvalue weighted by Gasteiger charge is -2.29. The average Bonchev–Trinajstić information content (AvgIpc) is 2.89. The molecule has 1 aliphatic heterocycles. The van der Waals surface area contributed by atoms with Crippen LogP contribution in [0.2, 0.25) is 5.02 Å². The summed E-state index contributed by atoms with van der Waals surface area (Å²) in [5, 5.41) is 5.07. The first-order valence-electron chi connectivity index (χ1n) is 7.62. The number of ether oxygens (including phenoxy) is 1. The summed E-state index contributed by atoms with van der Waals surface area (Å²) >= 11 is 9.46. The van der Waals surface area contributed by atoms with E-state index < -0.39 is 5.60 Å². The molecule has 0 atom stereocenters. The van der Waals surface area contributed by atoms with Crippen LogP contribution in [-0.4, -0.2) is 44.3 Å². The maximum absolute atomic E-state index is 12.1. The van der Waals surface area contributed by atoms with Gasteiger partial charge in [-0.25, -0.2) is 14.3 Å². The predicted molar refractivity (Wildman–Crippen MR) is 96.1 cm³/mol. The smallest absolute Gasteiger partial charge is 0.410 e. The van der Waals surface area contributed by atoms with Crippen LogP contribution in [0.1, 0.15) is 33.0 Å². The second-order valence-corrected chi connectivity index (χ2v) is 7.87. The summed E-state index contributed by atoms with van der Waals surface area (Å²) in [5.41, 5.74) is 1.22. The number of hydrogen-bond acceptors (Lipinski definition) is 4. The first-order chi connectivity index (χ1) is 11.2. The highest BCUT2D eigenvalue weighted by molar-refractivity contribution is 9.10. The fourth-order valence-corrected chi connectivity index (χ4v) is 2.84. The van der Waals surface area contributed by atoms with E-state index in [0.29, 0.717) is 36.0 Å². The Morgan fingerprint density at radius 2 is 2.17 bits per heavy atom. The van der Waals surface area contributed by atoms with Crippen LogP contribution in [0.5, 0.6) is 0 Å². The van der Waals surface area contributed by atoms with Crippen LogP contribution in [0.3, 0.4) is 0 Å². The van der Waals surface area contributed by atoms with Gasteiger partial charge in [0.25, 0.3) is 0 Å². The third-order valence-corrected chi connectivity index (χ3v) is 4.70. The Labute approximate surface area is 153 Å². The third-order valence-electron chi connectivity index (χ3n) is 3.53. The Morgan fingerprint density at radius 1 is 1.42 bits per heavy atom. The predicted octanol–water partition coefficient (Wildman–Crippen LogP) is 4.17. The molecule has 0 saturated heterocycles. The van der Waals surface area contributed by atoms with Crippen LogP contribution in [0.4, 0.5) is 4.79 Å². The molecule has 2 aromatic rings. The summed E-state index contributed by atoms with van der Waals surface area (Å²) < 4.78 is 7.85. The zero-order chi connectivity index (χ0) is 17.5. The number of fused-ring (bicyclic) bond motifs is 1. The third kappa shape index (κ3) is 3.72. The largest absolute Gasteiger partial charge is 0.444 e. The number of carbonyl (C=O) groups is 1. The molecule has 3 rings (SSSR count). The molecule has 0 radical (unpaired) electrons. The fraction of sp³-hybridized carbons (Fsp3) is 0.438. The number of halogens is 2. The highest BCUT2D eigenvalue weighted by Gasteiger charge is 2.24. The van der Waals surface area contributed by atoms with Gasteiger partial charge in [0, 0.05) is 25.4 Å². The van der Waals surface area contributed by atoms with Crippen molar-refractivity contribution in [3.8, 4) is 0 Å². The molecule has 128 valence electrons. The number of pyridine rings is 1. The van der Waals surface area contributed by atoms with Gasteiger partial charge in [-0.1, -0.05) is 17.7 Å². The van der Waals surface area contributed by atoms with Gasteiger partial charge in [0.15, 0.2) is 11.5 Å². The Morgan fingerprint density at radius 3 is 2.79 bits per heavy atom. The minimum atomic E-state index is -0.489. The molecule has 0 unspecified atom stereocenters. The van der Waals surface area contributed by atoms with Crippen molar-refractivity contribution in [1.29, 1.82) is 0 Å². The van der Waals surface area contributed by atoms with Gasteiger partial charge in [-0.15, -0.1) is 5.10 Å². The Balaban J connectivity index is 1.76. The zero-order valence-corrected chi connectivity index (χ0v) is 16.1. The zero-order valence-electron chi connectivity index (χ0n) is 13.7. The number of carbonyl (C=O) groups excluding carboxylic acids is 1. The van der Waals surface area contributed by atoms with E-state index >= 15 is 0 Å². The molecule has 8 heteroatoms. The van der Waals surface area contributed by atoms with E-state index in [9.17, 15) is 4.79 Å². The second kappa shape index (κ2) is 6.37. The van der Waals surface area contributed by atoms with Crippen molar-refractivity contribution in [3.05, 3.63) is 33.7 Å². The molecule has 3 heterocycles. The fourth-order valence-electron chi connectivity index (χ4n) is 2.38. The normalized spacial score (nSPS) is 15.5. The molecule has 1 aliphatic rings. The van der Waals surface area contributed by atoms with E-state index in [-0.39, 0.29) is 6.09 Å². The number of nitrogens with zero attached hydrogens (tertiary/aromatic N) is 4. The van der Waals surface area contributed by atoms with Gasteiger partial charge in [-0.2, -0.15) is 0 Å². The molecule has 1 amide bonds. The van der Waals surface area contributed by atoms with Crippen molar-refractivity contribution in [2.75, 3.05) is 13.1 Å². The van der Waals surface area contributed by atoms with Gasteiger partial charge < -0.3 is 9.64 Å². The number of amides is 1. The lowest BCUT2D eigenvalue weighted by atomic mass is 10.1. The molecule has 0 fully saturated rings. The van der Waals surface area contributed by atoms with Gasteiger partial charge in [-0.05, 0) is 48.7 Å². The maximum Gasteiger partial charge on any atom is 0.410 e. The molecule has 0 saturated carbocycles. The van der Waals surface area contributed by atoms with E-state index in [0.717, 1.165) is 10.0 Å². The highest BCUT2D eigenvalue weighted by Crippen LogP contribution is 2.25. The SMILES string of the molecule is CC(C)(C)OC(=O)N1CC=C(c2nc3cc(Cl)c(Br)cn3n2)CC1. The van der Waals surface area contributed by atoms with Crippen molar-refractivity contribution in [2.24, 2.45) is 0 Å². The molecule has 0 spiro atoms. The maximum atomic E-state index is 12.1. The quantitative estimate of drug-likeness (QED) is 0.704. The van der Waals surface area contributed by atoms with E-state index in [4.69, 9.17) is 16.3 Å². The van der Waals surface area contributed by atoms with Crippen molar-refractivity contribution in [1.82, 2.24) is 19.5 Å². The van der Waals surface area contributed by atoms with Crippen LogP contribution in [0.25, 0.3) is 11.2 Å². The monoisotopic (exact) mass is 412 g/mol. The molecule has 24 heavy (non-hydrogen) atoms. The highest BCUT2D eigenvalue weighted by atomic mass is 79.9. The summed E-state index contributed by atoms with van der Waals surface area (Å²) in [6.45, 7) is 6.66. The van der Waals surface area contributed by atoms with Crippen molar-refractivity contribution >= 4 is 44.8 Å². The summed E-state index contributed by atoms with van der Waals surface area (Å²) in [6, 6.07) is 1.76. The van der Waals surface area contributed by atoms with Crippen LogP contribution < -0.4 is 0 Å². The van der Waals surface area contributed by atoms with Gasteiger partial charge >= 0.3 is 6.09 Å². The molecule has 0 aromatic carbocycles. The summed E-state index contributed by atoms with van der Waals surface area (Å²) in [7, 11) is 0. The standard InChI is InChI=1S/C16H18BrClN4O2/c1-16(2,3)24-15(23)21-6-4-10(5-7-21)14-19-13-8-12(18)11(17)9-22(13)20-14/h4,8-9H,5-7H2,1-3H3.